The summed E-state index contributed by atoms with van der Waals surface area (Å²) in [7, 11) is 0. The molecule has 148 valence electrons. The largest absolute Gasteiger partial charge is 0.357 e. The Kier molecular flexibility index (Phi) is 14.0. The molecule has 3 N–H and O–H groups in total. The molecule has 1 rings (SSSR count). The Morgan fingerprint density at radius 3 is 2.62 bits per heavy atom. The predicted molar refractivity (Wildman–Crippen MR) is 119 cm³/mol. The molecule has 1 unspecified atom stereocenters. The first kappa shape index (κ1) is 24.6. The van der Waals surface area contributed by atoms with Gasteiger partial charge in [0.2, 0.25) is 0 Å². The Labute approximate surface area is 175 Å². The van der Waals surface area contributed by atoms with Crippen LogP contribution in [0.1, 0.15) is 57.3 Å². The van der Waals surface area contributed by atoms with Gasteiger partial charge in [-0.3, -0.25) is 14.8 Å². The van der Waals surface area contributed by atoms with Crippen LogP contribution in [-0.2, 0) is 0 Å². The number of nitrogens with one attached hydrogen (secondary N) is 3. The van der Waals surface area contributed by atoms with E-state index in [1.165, 1.54) is 12.8 Å². The molecule has 0 aliphatic rings. The van der Waals surface area contributed by atoms with Crippen molar-refractivity contribution in [3.05, 3.63) is 30.1 Å². The maximum Gasteiger partial charge on any atom is 0.252 e. The smallest absolute Gasteiger partial charge is 0.252 e. The molecule has 0 saturated carbocycles. The first-order valence-electron chi connectivity index (χ1n) is 9.26. The van der Waals surface area contributed by atoms with Crippen LogP contribution in [0.25, 0.3) is 0 Å². The minimum Gasteiger partial charge on any atom is -0.357 e. The number of rotatable bonds is 10. The summed E-state index contributed by atoms with van der Waals surface area (Å²) < 4.78 is 0. The number of aromatic nitrogens is 1. The molecule has 1 amide bonds. The molecule has 0 aliphatic heterocycles. The Balaban J connectivity index is 0.00000625. The molecule has 1 aromatic rings. The number of aliphatic imine (C=N–C) groups is 1. The van der Waals surface area contributed by atoms with Gasteiger partial charge in [0.05, 0.1) is 12.1 Å². The van der Waals surface area contributed by atoms with Gasteiger partial charge in [-0.15, -0.1) is 24.0 Å². The topological polar surface area (TPSA) is 78.4 Å². The Bertz CT molecular complexity index is 522. The van der Waals surface area contributed by atoms with Gasteiger partial charge in [0.1, 0.15) is 0 Å². The second-order valence-corrected chi connectivity index (χ2v) is 6.63. The summed E-state index contributed by atoms with van der Waals surface area (Å²) in [5.41, 5.74) is 0.565. The fourth-order valence-electron chi connectivity index (χ4n) is 2.39. The number of carbonyl (C=O) groups excluding carboxylic acids is 1. The molecule has 0 fully saturated rings. The molecule has 0 spiro atoms. The molecule has 0 bridgehead atoms. The van der Waals surface area contributed by atoms with E-state index in [4.69, 9.17) is 0 Å². The molecule has 6 nitrogen and oxygen atoms in total. The molecular formula is C19H34IN5O. The van der Waals surface area contributed by atoms with Gasteiger partial charge in [0, 0.05) is 31.5 Å². The van der Waals surface area contributed by atoms with Crippen LogP contribution in [0.15, 0.2) is 29.5 Å². The van der Waals surface area contributed by atoms with Crippen molar-refractivity contribution < 1.29 is 4.79 Å². The Morgan fingerprint density at radius 1 is 1.23 bits per heavy atom. The molecular weight excluding hydrogens is 441 g/mol. The van der Waals surface area contributed by atoms with Crippen LogP contribution >= 0.6 is 24.0 Å². The average molecular weight is 475 g/mol. The van der Waals surface area contributed by atoms with Crippen LogP contribution in [0.4, 0.5) is 0 Å². The zero-order valence-corrected chi connectivity index (χ0v) is 18.7. The van der Waals surface area contributed by atoms with Crippen molar-refractivity contribution in [2.45, 2.75) is 53.0 Å². The van der Waals surface area contributed by atoms with Crippen LogP contribution in [0, 0.1) is 5.92 Å². The molecule has 1 atom stereocenters. The van der Waals surface area contributed by atoms with Crippen molar-refractivity contribution in [2.75, 3.05) is 19.6 Å². The highest BCUT2D eigenvalue weighted by molar-refractivity contribution is 14.0. The normalized spacial score (nSPS) is 12.3. The van der Waals surface area contributed by atoms with Crippen molar-refractivity contribution in [1.29, 1.82) is 0 Å². The van der Waals surface area contributed by atoms with Crippen LogP contribution in [0.5, 0.6) is 0 Å². The molecule has 0 aromatic carbocycles. The third kappa shape index (κ3) is 11.3. The number of pyridine rings is 1. The number of hydrogen-bond acceptors (Lipinski definition) is 3. The van der Waals surface area contributed by atoms with Gasteiger partial charge in [-0.1, -0.05) is 26.7 Å². The highest BCUT2D eigenvalue weighted by Gasteiger charge is 2.06. The zero-order valence-electron chi connectivity index (χ0n) is 16.4. The quantitative estimate of drug-likeness (QED) is 0.210. The summed E-state index contributed by atoms with van der Waals surface area (Å²) in [5, 5.41) is 9.53. The number of guanidine groups is 1. The first-order chi connectivity index (χ1) is 12.0. The molecule has 1 aromatic heterocycles. The van der Waals surface area contributed by atoms with Gasteiger partial charge in [-0.2, -0.15) is 0 Å². The summed E-state index contributed by atoms with van der Waals surface area (Å²) in [4.78, 5) is 20.4. The summed E-state index contributed by atoms with van der Waals surface area (Å²) >= 11 is 0. The lowest BCUT2D eigenvalue weighted by molar-refractivity contribution is 0.0954. The average Bonchev–Trinajstić information content (AvgIpc) is 2.59. The maximum absolute atomic E-state index is 11.9. The number of hydrogen-bond donors (Lipinski definition) is 3. The minimum absolute atomic E-state index is 0. The van der Waals surface area contributed by atoms with Gasteiger partial charge < -0.3 is 16.0 Å². The summed E-state index contributed by atoms with van der Waals surface area (Å²) in [6.07, 6.45) is 6.80. The second-order valence-electron chi connectivity index (χ2n) is 6.63. The van der Waals surface area contributed by atoms with E-state index in [1.807, 2.05) is 6.92 Å². The first-order valence-corrected chi connectivity index (χ1v) is 9.26. The molecule has 26 heavy (non-hydrogen) atoms. The molecule has 7 heteroatoms. The van der Waals surface area contributed by atoms with E-state index in [1.54, 1.807) is 24.5 Å². The minimum atomic E-state index is -0.122. The lowest BCUT2D eigenvalue weighted by Gasteiger charge is -2.18. The Morgan fingerprint density at radius 2 is 2.00 bits per heavy atom. The fourth-order valence-corrected chi connectivity index (χ4v) is 2.39. The zero-order chi connectivity index (χ0) is 18.5. The number of carbonyl (C=O) groups is 1. The van der Waals surface area contributed by atoms with Gasteiger partial charge in [0.25, 0.3) is 5.91 Å². The highest BCUT2D eigenvalue weighted by Crippen LogP contribution is 2.08. The van der Waals surface area contributed by atoms with Crippen molar-refractivity contribution in [3.8, 4) is 0 Å². The van der Waals surface area contributed by atoms with Gasteiger partial charge in [-0.25, -0.2) is 0 Å². The van der Waals surface area contributed by atoms with Crippen molar-refractivity contribution in [1.82, 2.24) is 20.9 Å². The van der Waals surface area contributed by atoms with Crippen LogP contribution in [0.2, 0.25) is 0 Å². The third-order valence-electron chi connectivity index (χ3n) is 3.74. The predicted octanol–water partition coefficient (Wildman–Crippen LogP) is 3.20. The maximum atomic E-state index is 11.9. The Hall–Kier alpha value is -1.38. The molecule has 1 heterocycles. The van der Waals surface area contributed by atoms with E-state index >= 15 is 0 Å². The highest BCUT2D eigenvalue weighted by atomic mass is 127. The third-order valence-corrected chi connectivity index (χ3v) is 3.74. The SMILES string of the molecule is CCNC(=NCCNC(=O)c1cccnc1)NC(C)CCCC(C)C.I. The van der Waals surface area contributed by atoms with Crippen LogP contribution in [0.3, 0.4) is 0 Å². The lowest BCUT2D eigenvalue weighted by Crippen LogP contribution is -2.42. The summed E-state index contributed by atoms with van der Waals surface area (Å²) in [6.45, 7) is 10.6. The van der Waals surface area contributed by atoms with Gasteiger partial charge in [-0.05, 0) is 38.3 Å². The van der Waals surface area contributed by atoms with E-state index in [0.29, 0.717) is 24.7 Å². The standard InChI is InChI=1S/C19H33N5O.HI/c1-5-21-19(24-16(4)9-6-8-15(2)3)23-13-12-22-18(25)17-10-7-11-20-14-17;/h7,10-11,14-16H,5-6,8-9,12-13H2,1-4H3,(H,22,25)(H2,21,23,24);1H. The van der Waals surface area contributed by atoms with E-state index in [-0.39, 0.29) is 29.9 Å². The molecule has 0 radical (unpaired) electrons. The van der Waals surface area contributed by atoms with E-state index < -0.39 is 0 Å². The number of halogens is 1. The van der Waals surface area contributed by atoms with E-state index in [2.05, 4.69) is 46.7 Å². The van der Waals surface area contributed by atoms with Crippen LogP contribution in [-0.4, -0.2) is 42.5 Å². The summed E-state index contributed by atoms with van der Waals surface area (Å²) in [5.74, 6) is 1.43. The monoisotopic (exact) mass is 475 g/mol. The number of nitrogens with zero attached hydrogens (tertiary/aromatic N) is 2. The summed E-state index contributed by atoms with van der Waals surface area (Å²) in [6, 6.07) is 3.87. The van der Waals surface area contributed by atoms with E-state index in [0.717, 1.165) is 24.8 Å². The second kappa shape index (κ2) is 14.8. The van der Waals surface area contributed by atoms with Crippen molar-refractivity contribution >= 4 is 35.8 Å². The molecule has 0 saturated heterocycles. The fraction of sp³-hybridized carbons (Fsp3) is 0.632. The van der Waals surface area contributed by atoms with Gasteiger partial charge in [0.15, 0.2) is 5.96 Å². The molecule has 0 aliphatic carbocycles. The van der Waals surface area contributed by atoms with Crippen LogP contribution < -0.4 is 16.0 Å². The van der Waals surface area contributed by atoms with Gasteiger partial charge >= 0.3 is 0 Å². The van der Waals surface area contributed by atoms with E-state index in [9.17, 15) is 4.79 Å². The van der Waals surface area contributed by atoms with Crippen molar-refractivity contribution in [3.63, 3.8) is 0 Å². The number of amides is 1. The van der Waals surface area contributed by atoms with Crippen molar-refractivity contribution in [2.24, 2.45) is 10.9 Å². The lowest BCUT2D eigenvalue weighted by atomic mass is 10.0.